The van der Waals surface area contributed by atoms with Crippen LogP contribution in [0.4, 0.5) is 18.0 Å². The van der Waals surface area contributed by atoms with E-state index in [2.05, 4.69) is 9.72 Å². The van der Waals surface area contributed by atoms with Gasteiger partial charge in [-0.1, -0.05) is 0 Å². The van der Waals surface area contributed by atoms with E-state index < -0.39 is 29.9 Å². The van der Waals surface area contributed by atoms with Crippen molar-refractivity contribution in [3.05, 3.63) is 18.3 Å². The van der Waals surface area contributed by atoms with Crippen LogP contribution >= 0.6 is 0 Å². The van der Waals surface area contributed by atoms with Gasteiger partial charge in [0.1, 0.15) is 11.7 Å². The summed E-state index contributed by atoms with van der Waals surface area (Å²) >= 11 is 0. The maximum Gasteiger partial charge on any atom is 0.573 e. The molecule has 1 aliphatic heterocycles. The molecule has 2 heterocycles. The van der Waals surface area contributed by atoms with E-state index in [0.717, 1.165) is 6.07 Å². The molecular weight excluding hydrogens is 353 g/mol. The summed E-state index contributed by atoms with van der Waals surface area (Å²) in [7, 11) is 0. The summed E-state index contributed by atoms with van der Waals surface area (Å²) in [4.78, 5) is 17.7. The van der Waals surface area contributed by atoms with Crippen LogP contribution in [-0.2, 0) is 4.74 Å². The first-order valence-corrected chi connectivity index (χ1v) is 8.33. The van der Waals surface area contributed by atoms with E-state index in [1.165, 1.54) is 17.2 Å². The topological polar surface area (TPSA) is 60.9 Å². The van der Waals surface area contributed by atoms with Crippen LogP contribution < -0.4 is 9.47 Å². The second-order valence-corrected chi connectivity index (χ2v) is 7.07. The van der Waals surface area contributed by atoms with E-state index in [0.29, 0.717) is 19.4 Å². The Kier molecular flexibility index (Phi) is 5.87. The number of rotatable bonds is 3. The fourth-order valence-electron chi connectivity index (χ4n) is 2.65. The van der Waals surface area contributed by atoms with Crippen molar-refractivity contribution < 1.29 is 32.2 Å². The van der Waals surface area contributed by atoms with Crippen molar-refractivity contribution in [2.24, 2.45) is 0 Å². The molecule has 1 fully saturated rings. The number of aromatic nitrogens is 1. The molecule has 0 N–H and O–H groups in total. The summed E-state index contributed by atoms with van der Waals surface area (Å²) in [5.74, 6) is -0.769. The number of pyridine rings is 1. The van der Waals surface area contributed by atoms with Gasteiger partial charge < -0.3 is 19.1 Å². The largest absolute Gasteiger partial charge is 0.573 e. The van der Waals surface area contributed by atoms with E-state index in [9.17, 15) is 18.0 Å². The van der Waals surface area contributed by atoms with Gasteiger partial charge in [0.05, 0.1) is 6.04 Å². The molecule has 1 aliphatic rings. The van der Waals surface area contributed by atoms with E-state index >= 15 is 0 Å². The third kappa shape index (κ3) is 5.67. The fourth-order valence-corrected chi connectivity index (χ4v) is 2.65. The van der Waals surface area contributed by atoms with Crippen molar-refractivity contribution in [1.82, 2.24) is 9.88 Å². The van der Waals surface area contributed by atoms with Crippen molar-refractivity contribution in [1.29, 1.82) is 0 Å². The van der Waals surface area contributed by atoms with Crippen molar-refractivity contribution in [3.8, 4) is 11.6 Å². The van der Waals surface area contributed by atoms with Crippen molar-refractivity contribution in [2.75, 3.05) is 6.54 Å². The summed E-state index contributed by atoms with van der Waals surface area (Å²) in [6.07, 6.45) is -3.33. The van der Waals surface area contributed by atoms with Crippen LogP contribution in [0.2, 0.25) is 0 Å². The highest BCUT2D eigenvalue weighted by atomic mass is 19.4. The van der Waals surface area contributed by atoms with Gasteiger partial charge in [0, 0.05) is 12.7 Å². The third-order valence-corrected chi connectivity index (χ3v) is 3.77. The molecule has 0 aromatic carbocycles. The standard InChI is InChI=1S/C17H23F3N2O4/c1-11-12(8-6-10-22(11)15(23)26-16(2,3)4)24-14-13(7-5-9-21-14)25-17(18,19)20/h5,7,9,11-12H,6,8,10H2,1-4H3. The number of alkyl halides is 3. The number of halogens is 3. The zero-order chi connectivity index (χ0) is 19.5. The highest BCUT2D eigenvalue weighted by molar-refractivity contribution is 5.68. The number of ether oxygens (including phenoxy) is 3. The van der Waals surface area contributed by atoms with Gasteiger partial charge in [-0.25, -0.2) is 9.78 Å². The van der Waals surface area contributed by atoms with E-state index in [4.69, 9.17) is 9.47 Å². The van der Waals surface area contributed by atoms with Crippen LogP contribution in [0.5, 0.6) is 11.6 Å². The maximum atomic E-state index is 12.5. The predicted molar refractivity (Wildman–Crippen MR) is 87.0 cm³/mol. The van der Waals surface area contributed by atoms with Crippen molar-refractivity contribution >= 4 is 6.09 Å². The molecule has 0 saturated carbocycles. The fraction of sp³-hybridized carbons (Fsp3) is 0.647. The first-order valence-electron chi connectivity index (χ1n) is 8.33. The number of carbonyl (C=O) groups excluding carboxylic acids is 1. The molecule has 1 aromatic heterocycles. The summed E-state index contributed by atoms with van der Waals surface area (Å²) in [5, 5.41) is 0. The molecule has 0 spiro atoms. The third-order valence-electron chi connectivity index (χ3n) is 3.77. The molecule has 6 nitrogen and oxygen atoms in total. The Labute approximate surface area is 150 Å². The quantitative estimate of drug-likeness (QED) is 0.793. The first kappa shape index (κ1) is 20.1. The SMILES string of the molecule is CC1C(Oc2ncccc2OC(F)(F)F)CCCN1C(=O)OC(C)(C)C. The number of nitrogens with zero attached hydrogens (tertiary/aromatic N) is 2. The molecule has 2 atom stereocenters. The van der Waals surface area contributed by atoms with Crippen LogP contribution in [0.25, 0.3) is 0 Å². The van der Waals surface area contributed by atoms with Crippen LogP contribution in [-0.4, -0.2) is 46.6 Å². The Bertz CT molecular complexity index is 631. The minimum atomic E-state index is -4.85. The minimum absolute atomic E-state index is 0.257. The van der Waals surface area contributed by atoms with Gasteiger partial charge in [-0.3, -0.25) is 0 Å². The summed E-state index contributed by atoms with van der Waals surface area (Å²) in [6.45, 7) is 7.55. The molecule has 1 saturated heterocycles. The number of hydrogen-bond acceptors (Lipinski definition) is 5. The average molecular weight is 376 g/mol. The Balaban J connectivity index is 2.11. The lowest BCUT2D eigenvalue weighted by molar-refractivity contribution is -0.275. The average Bonchev–Trinajstić information content (AvgIpc) is 2.48. The molecule has 0 aliphatic carbocycles. The first-order chi connectivity index (χ1) is 12.0. The number of hydrogen-bond donors (Lipinski definition) is 0. The molecule has 9 heteroatoms. The van der Waals surface area contributed by atoms with Gasteiger partial charge in [0.2, 0.25) is 0 Å². The summed E-state index contributed by atoms with van der Waals surface area (Å²) in [5.41, 5.74) is -0.640. The molecule has 0 radical (unpaired) electrons. The number of likely N-dealkylation sites (tertiary alicyclic amines) is 1. The maximum absolute atomic E-state index is 12.5. The van der Waals surface area contributed by atoms with Crippen LogP contribution in [0.1, 0.15) is 40.5 Å². The number of amides is 1. The summed E-state index contributed by atoms with van der Waals surface area (Å²) < 4.78 is 52.6. The molecule has 1 amide bonds. The second-order valence-electron chi connectivity index (χ2n) is 7.07. The zero-order valence-corrected chi connectivity index (χ0v) is 15.2. The molecular formula is C17H23F3N2O4. The highest BCUT2D eigenvalue weighted by Crippen LogP contribution is 2.32. The lowest BCUT2D eigenvalue weighted by Crippen LogP contribution is -2.52. The van der Waals surface area contributed by atoms with Crippen molar-refractivity contribution in [2.45, 2.75) is 64.6 Å². The van der Waals surface area contributed by atoms with Gasteiger partial charge in [0.15, 0.2) is 5.75 Å². The second kappa shape index (κ2) is 7.59. The number of carbonyl (C=O) groups is 1. The van der Waals surface area contributed by atoms with Gasteiger partial charge in [-0.05, 0) is 52.7 Å². The molecule has 146 valence electrons. The van der Waals surface area contributed by atoms with Crippen molar-refractivity contribution in [3.63, 3.8) is 0 Å². The highest BCUT2D eigenvalue weighted by Gasteiger charge is 2.37. The molecule has 26 heavy (non-hydrogen) atoms. The molecule has 2 unspecified atom stereocenters. The van der Waals surface area contributed by atoms with Gasteiger partial charge in [0.25, 0.3) is 5.88 Å². The number of piperidine rings is 1. The Morgan fingerprint density at radius 1 is 1.31 bits per heavy atom. The minimum Gasteiger partial charge on any atom is -0.470 e. The monoisotopic (exact) mass is 376 g/mol. The smallest absolute Gasteiger partial charge is 0.470 e. The molecule has 1 aromatic rings. The van der Waals surface area contributed by atoms with E-state index in [-0.39, 0.29) is 11.9 Å². The van der Waals surface area contributed by atoms with E-state index in [1.807, 2.05) is 0 Å². The lowest BCUT2D eigenvalue weighted by atomic mass is 10.0. The normalized spacial score (nSPS) is 21.3. The zero-order valence-electron chi connectivity index (χ0n) is 15.2. The Morgan fingerprint density at radius 2 is 2.00 bits per heavy atom. The lowest BCUT2D eigenvalue weighted by Gasteiger charge is -2.39. The summed E-state index contributed by atoms with van der Waals surface area (Å²) in [6, 6.07) is 2.07. The van der Waals surface area contributed by atoms with Gasteiger partial charge in [-0.2, -0.15) is 0 Å². The molecule has 2 rings (SSSR count). The van der Waals surface area contributed by atoms with E-state index in [1.54, 1.807) is 27.7 Å². The van der Waals surface area contributed by atoms with Crippen LogP contribution in [0.15, 0.2) is 18.3 Å². The van der Waals surface area contributed by atoms with Crippen LogP contribution in [0, 0.1) is 0 Å². The van der Waals surface area contributed by atoms with Gasteiger partial charge in [-0.15, -0.1) is 13.2 Å². The molecule has 0 bridgehead atoms. The van der Waals surface area contributed by atoms with Crippen LogP contribution in [0.3, 0.4) is 0 Å². The Hall–Kier alpha value is -2.19. The van der Waals surface area contributed by atoms with Gasteiger partial charge >= 0.3 is 12.5 Å². The predicted octanol–water partition coefficient (Wildman–Crippen LogP) is 4.15. The Morgan fingerprint density at radius 3 is 2.62 bits per heavy atom.